The first-order chi connectivity index (χ1) is 4.63. The summed E-state index contributed by atoms with van der Waals surface area (Å²) < 4.78 is 56.8. The fraction of sp³-hybridized carbons (Fsp3) is 0.667. The third-order valence-electron chi connectivity index (χ3n) is 0.480. The van der Waals surface area contributed by atoms with E-state index in [-0.39, 0.29) is 0 Å². The van der Waals surface area contributed by atoms with Gasteiger partial charge in [0, 0.05) is 0 Å². The molecule has 0 aliphatic carbocycles. The first kappa shape index (κ1) is 10.7. The highest BCUT2D eigenvalue weighted by Crippen LogP contribution is 2.20. The highest BCUT2D eigenvalue weighted by molar-refractivity contribution is 7.89. The smallest absolute Gasteiger partial charge is 0.205 e. The van der Waals surface area contributed by atoms with Crippen LogP contribution in [0.5, 0.6) is 0 Å². The topological polar surface area (TPSA) is 46.5 Å². The van der Waals surface area contributed by atoms with Crippen molar-refractivity contribution in [1.29, 1.82) is 0 Å². The minimum absolute atomic E-state index is 0.515. The van der Waals surface area contributed by atoms with Crippen molar-refractivity contribution in [2.75, 3.05) is 6.26 Å². The van der Waals surface area contributed by atoms with E-state index >= 15 is 0 Å². The molecular formula is C3H3ClF3NO2S. The molecule has 3 nitrogen and oxygen atoms in total. The molecule has 0 aromatic rings. The van der Waals surface area contributed by atoms with Gasteiger partial charge in [0.15, 0.2) is 0 Å². The lowest BCUT2D eigenvalue weighted by molar-refractivity contribution is -0.0557. The quantitative estimate of drug-likeness (QED) is 0.608. The minimum Gasteiger partial charge on any atom is -0.205 e. The van der Waals surface area contributed by atoms with Crippen LogP contribution in [0.25, 0.3) is 0 Å². The lowest BCUT2D eigenvalue weighted by Crippen LogP contribution is -2.18. The van der Waals surface area contributed by atoms with Crippen LogP contribution in [0.3, 0.4) is 0 Å². The zero-order chi connectivity index (χ0) is 9.28. The molecule has 0 radical (unpaired) electrons. The standard InChI is InChI=1S/C3H3ClF3NO2S/c1-11(9,10)8-2(4)3(5,6)7/h1H3. The predicted molar refractivity (Wildman–Crippen MR) is 34.2 cm³/mol. The van der Waals surface area contributed by atoms with E-state index in [1.165, 1.54) is 0 Å². The monoisotopic (exact) mass is 209 g/mol. The van der Waals surface area contributed by atoms with Crippen LogP contribution in [0.4, 0.5) is 13.2 Å². The number of rotatable bonds is 1. The molecule has 11 heavy (non-hydrogen) atoms. The average Bonchev–Trinajstić information content (AvgIpc) is 1.56. The molecule has 0 aliphatic heterocycles. The molecule has 0 aromatic carbocycles. The van der Waals surface area contributed by atoms with Gasteiger partial charge in [-0.3, -0.25) is 0 Å². The SMILES string of the molecule is CS(=O)(=O)N=C(Cl)C(F)(F)F. The number of hydrogen-bond acceptors (Lipinski definition) is 2. The maximum atomic E-state index is 11.5. The van der Waals surface area contributed by atoms with Crippen LogP contribution in [0.2, 0.25) is 0 Å². The van der Waals surface area contributed by atoms with Gasteiger partial charge in [-0.05, 0) is 0 Å². The Morgan fingerprint density at radius 1 is 1.45 bits per heavy atom. The van der Waals surface area contributed by atoms with Gasteiger partial charge >= 0.3 is 6.18 Å². The van der Waals surface area contributed by atoms with Crippen LogP contribution in [0, 0.1) is 0 Å². The van der Waals surface area contributed by atoms with Crippen LogP contribution >= 0.6 is 11.6 Å². The second-order valence-corrected chi connectivity index (χ2v) is 3.62. The summed E-state index contributed by atoms with van der Waals surface area (Å²) in [7, 11) is -4.07. The van der Waals surface area contributed by atoms with Gasteiger partial charge in [-0.15, -0.1) is 4.40 Å². The first-order valence-electron chi connectivity index (χ1n) is 2.15. The van der Waals surface area contributed by atoms with E-state index in [1.54, 1.807) is 0 Å². The van der Waals surface area contributed by atoms with Crippen LogP contribution in [-0.2, 0) is 10.0 Å². The summed E-state index contributed by atoms with van der Waals surface area (Å²) in [6.07, 6.45) is -4.38. The lowest BCUT2D eigenvalue weighted by atomic mass is 10.7. The maximum absolute atomic E-state index is 11.5. The molecule has 0 heterocycles. The highest BCUT2D eigenvalue weighted by atomic mass is 35.5. The Morgan fingerprint density at radius 2 is 1.82 bits per heavy atom. The average molecular weight is 210 g/mol. The fourth-order valence-corrected chi connectivity index (χ4v) is 0.968. The zero-order valence-electron chi connectivity index (χ0n) is 5.18. The Hall–Kier alpha value is -0.300. The van der Waals surface area contributed by atoms with Gasteiger partial charge in [0.1, 0.15) is 0 Å². The maximum Gasteiger partial charge on any atom is 0.445 e. The predicted octanol–water partition coefficient (Wildman–Crippen LogP) is 1.15. The second kappa shape index (κ2) is 2.98. The zero-order valence-corrected chi connectivity index (χ0v) is 6.76. The number of hydrogen-bond donors (Lipinski definition) is 0. The molecule has 66 valence electrons. The van der Waals surface area contributed by atoms with Gasteiger partial charge in [0.25, 0.3) is 10.0 Å². The van der Waals surface area contributed by atoms with Crippen molar-refractivity contribution in [2.24, 2.45) is 4.40 Å². The summed E-state index contributed by atoms with van der Waals surface area (Å²) in [4.78, 5) is 0. The molecule has 0 N–H and O–H groups in total. The third-order valence-corrected chi connectivity index (χ3v) is 1.39. The van der Waals surface area contributed by atoms with Gasteiger partial charge in [-0.2, -0.15) is 13.2 Å². The number of sulfonamides is 1. The van der Waals surface area contributed by atoms with Gasteiger partial charge in [0.05, 0.1) is 6.26 Å². The van der Waals surface area contributed by atoms with Crippen LogP contribution < -0.4 is 0 Å². The fourth-order valence-electron chi connectivity index (χ4n) is 0.197. The Labute approximate surface area is 65.9 Å². The molecule has 0 saturated carbocycles. The Balaban J connectivity index is 4.78. The number of halogens is 4. The van der Waals surface area contributed by atoms with E-state index in [4.69, 9.17) is 0 Å². The van der Waals surface area contributed by atoms with Crippen molar-refractivity contribution in [3.05, 3.63) is 0 Å². The van der Waals surface area contributed by atoms with E-state index in [9.17, 15) is 21.6 Å². The van der Waals surface area contributed by atoms with Gasteiger partial charge in [-0.1, -0.05) is 11.6 Å². The third kappa shape index (κ3) is 5.02. The van der Waals surface area contributed by atoms with Crippen LogP contribution in [0.15, 0.2) is 4.40 Å². The van der Waals surface area contributed by atoms with Crippen molar-refractivity contribution < 1.29 is 21.6 Å². The summed E-state index contributed by atoms with van der Waals surface area (Å²) in [6, 6.07) is 0. The molecule has 0 bridgehead atoms. The molecule has 0 spiro atoms. The van der Waals surface area contributed by atoms with Gasteiger partial charge in [0.2, 0.25) is 5.17 Å². The molecule has 0 unspecified atom stereocenters. The molecule has 0 aromatic heterocycles. The van der Waals surface area contributed by atoms with E-state index in [2.05, 4.69) is 16.0 Å². The molecular weight excluding hydrogens is 207 g/mol. The summed E-state index contributed by atoms with van der Waals surface area (Å²) >= 11 is 4.49. The van der Waals surface area contributed by atoms with E-state index in [0.29, 0.717) is 6.26 Å². The lowest BCUT2D eigenvalue weighted by Gasteiger charge is -2.00. The molecule has 0 amide bonds. The van der Waals surface area contributed by atoms with Crippen LogP contribution in [0.1, 0.15) is 0 Å². The summed E-state index contributed by atoms with van der Waals surface area (Å²) in [5.74, 6) is 0. The Bertz CT molecular complexity index is 267. The van der Waals surface area contributed by atoms with Crippen molar-refractivity contribution in [3.8, 4) is 0 Å². The Kier molecular flexibility index (Phi) is 2.90. The molecule has 8 heteroatoms. The molecule has 0 atom stereocenters. The van der Waals surface area contributed by atoms with E-state index in [0.717, 1.165) is 0 Å². The van der Waals surface area contributed by atoms with Crippen LogP contribution in [-0.4, -0.2) is 26.0 Å². The molecule has 0 rings (SSSR count). The normalized spacial score (nSPS) is 15.2. The van der Waals surface area contributed by atoms with E-state index < -0.39 is 21.4 Å². The van der Waals surface area contributed by atoms with Crippen molar-refractivity contribution in [2.45, 2.75) is 6.18 Å². The van der Waals surface area contributed by atoms with Crippen molar-refractivity contribution in [1.82, 2.24) is 0 Å². The molecule has 0 saturated heterocycles. The van der Waals surface area contributed by atoms with Gasteiger partial charge in [-0.25, -0.2) is 8.42 Å². The minimum atomic E-state index is -4.90. The number of nitrogens with zero attached hydrogens (tertiary/aromatic N) is 1. The summed E-state index contributed by atoms with van der Waals surface area (Å²) in [6.45, 7) is 0. The second-order valence-electron chi connectivity index (χ2n) is 1.61. The first-order valence-corrected chi connectivity index (χ1v) is 4.38. The molecule has 0 aliphatic rings. The van der Waals surface area contributed by atoms with Crippen molar-refractivity contribution in [3.63, 3.8) is 0 Å². The number of alkyl halides is 3. The summed E-state index contributed by atoms with van der Waals surface area (Å²) in [5, 5.41) is -1.89. The van der Waals surface area contributed by atoms with Crippen molar-refractivity contribution >= 4 is 26.8 Å². The highest BCUT2D eigenvalue weighted by Gasteiger charge is 2.35. The largest absolute Gasteiger partial charge is 0.445 e. The van der Waals surface area contributed by atoms with E-state index in [1.807, 2.05) is 0 Å². The summed E-state index contributed by atoms with van der Waals surface area (Å²) in [5.41, 5.74) is 0. The Morgan fingerprint density at radius 3 is 1.91 bits per heavy atom. The van der Waals surface area contributed by atoms with Gasteiger partial charge < -0.3 is 0 Å². The molecule has 0 fully saturated rings.